The van der Waals surface area contributed by atoms with Gasteiger partial charge in [0.05, 0.1) is 12.0 Å². The lowest BCUT2D eigenvalue weighted by molar-refractivity contribution is -0.126. The maximum absolute atomic E-state index is 12.1. The van der Waals surface area contributed by atoms with Crippen LogP contribution < -0.4 is 10.6 Å². The van der Waals surface area contributed by atoms with Crippen molar-refractivity contribution < 1.29 is 4.79 Å². The Labute approximate surface area is 113 Å². The van der Waals surface area contributed by atoms with Gasteiger partial charge < -0.3 is 10.6 Å². The Hall–Kier alpha value is -1.06. The number of nitrogens with one attached hydrogen (secondary N) is 2. The standard InChI is InChI=1S/C14H19ClN2O/c1-10(11-4-2-6-13(15)8-11)17-14(18)12-5-3-7-16-9-12/h2,4,6,8,10,12,16H,3,5,7,9H2,1H3,(H,17,18)/t10?,12-/m0/s1. The van der Waals surface area contributed by atoms with Gasteiger partial charge in [0, 0.05) is 11.6 Å². The van der Waals surface area contributed by atoms with E-state index in [4.69, 9.17) is 11.6 Å². The number of hydrogen-bond acceptors (Lipinski definition) is 2. The molecule has 1 heterocycles. The molecule has 2 rings (SSSR count). The number of amides is 1. The van der Waals surface area contributed by atoms with Gasteiger partial charge in [-0.25, -0.2) is 0 Å². The SMILES string of the molecule is CC(NC(=O)[C@H]1CCCNC1)c1cccc(Cl)c1. The molecule has 98 valence electrons. The lowest BCUT2D eigenvalue weighted by Gasteiger charge is -2.24. The van der Waals surface area contributed by atoms with Gasteiger partial charge in [0.2, 0.25) is 5.91 Å². The van der Waals surface area contributed by atoms with E-state index in [0.29, 0.717) is 5.02 Å². The molecule has 0 aliphatic carbocycles. The molecule has 1 aromatic rings. The maximum atomic E-state index is 12.1. The molecule has 1 aliphatic heterocycles. The van der Waals surface area contributed by atoms with Gasteiger partial charge in [0.15, 0.2) is 0 Å². The first-order chi connectivity index (χ1) is 8.66. The maximum Gasteiger partial charge on any atom is 0.224 e. The van der Waals surface area contributed by atoms with E-state index in [-0.39, 0.29) is 17.9 Å². The third-order valence-corrected chi connectivity index (χ3v) is 3.61. The quantitative estimate of drug-likeness (QED) is 0.883. The van der Waals surface area contributed by atoms with Gasteiger partial charge in [-0.15, -0.1) is 0 Å². The average molecular weight is 267 g/mol. The summed E-state index contributed by atoms with van der Waals surface area (Å²) in [5.74, 6) is 0.232. The van der Waals surface area contributed by atoms with Crippen molar-refractivity contribution in [2.45, 2.75) is 25.8 Å². The number of carbonyl (C=O) groups is 1. The van der Waals surface area contributed by atoms with Crippen molar-refractivity contribution in [3.8, 4) is 0 Å². The van der Waals surface area contributed by atoms with Crippen molar-refractivity contribution in [1.82, 2.24) is 10.6 Å². The van der Waals surface area contributed by atoms with Crippen molar-refractivity contribution in [1.29, 1.82) is 0 Å². The Kier molecular flexibility index (Phi) is 4.61. The normalized spacial score (nSPS) is 21.3. The van der Waals surface area contributed by atoms with E-state index in [9.17, 15) is 4.79 Å². The molecule has 1 aromatic carbocycles. The van der Waals surface area contributed by atoms with Crippen LogP contribution >= 0.6 is 11.6 Å². The van der Waals surface area contributed by atoms with Crippen LogP contribution in [0.25, 0.3) is 0 Å². The van der Waals surface area contributed by atoms with Crippen LogP contribution in [-0.4, -0.2) is 19.0 Å². The zero-order chi connectivity index (χ0) is 13.0. The molecule has 1 aliphatic rings. The highest BCUT2D eigenvalue weighted by Crippen LogP contribution is 2.18. The second kappa shape index (κ2) is 6.21. The number of halogens is 1. The van der Waals surface area contributed by atoms with Crippen LogP contribution in [0.15, 0.2) is 24.3 Å². The summed E-state index contributed by atoms with van der Waals surface area (Å²) in [6, 6.07) is 7.62. The summed E-state index contributed by atoms with van der Waals surface area (Å²) in [6.07, 6.45) is 2.05. The molecule has 2 atom stereocenters. The van der Waals surface area contributed by atoms with Crippen LogP contribution in [0.1, 0.15) is 31.4 Å². The Bertz CT molecular complexity index is 416. The van der Waals surface area contributed by atoms with Crippen molar-refractivity contribution in [3.63, 3.8) is 0 Å². The molecule has 1 amide bonds. The Morgan fingerprint density at radius 2 is 2.39 bits per heavy atom. The summed E-state index contributed by atoms with van der Waals surface area (Å²) < 4.78 is 0. The average Bonchev–Trinajstić information content (AvgIpc) is 2.39. The van der Waals surface area contributed by atoms with Gasteiger partial charge in [0.1, 0.15) is 0 Å². The molecule has 3 nitrogen and oxygen atoms in total. The van der Waals surface area contributed by atoms with E-state index in [2.05, 4.69) is 10.6 Å². The minimum Gasteiger partial charge on any atom is -0.349 e. The highest BCUT2D eigenvalue weighted by atomic mass is 35.5. The Morgan fingerprint density at radius 3 is 3.06 bits per heavy atom. The molecule has 1 saturated heterocycles. The Morgan fingerprint density at radius 1 is 1.56 bits per heavy atom. The molecule has 0 bridgehead atoms. The monoisotopic (exact) mass is 266 g/mol. The number of hydrogen-bond donors (Lipinski definition) is 2. The van der Waals surface area contributed by atoms with Gasteiger partial charge in [-0.3, -0.25) is 4.79 Å². The lowest BCUT2D eigenvalue weighted by atomic mass is 9.98. The molecule has 0 aromatic heterocycles. The zero-order valence-corrected chi connectivity index (χ0v) is 11.3. The van der Waals surface area contributed by atoms with E-state index in [1.165, 1.54) is 0 Å². The van der Waals surface area contributed by atoms with Crippen molar-refractivity contribution in [2.75, 3.05) is 13.1 Å². The summed E-state index contributed by atoms with van der Waals surface area (Å²) in [6.45, 7) is 3.79. The van der Waals surface area contributed by atoms with Crippen LogP contribution in [-0.2, 0) is 4.79 Å². The van der Waals surface area contributed by atoms with Crippen LogP contribution in [0, 0.1) is 5.92 Å². The largest absolute Gasteiger partial charge is 0.349 e. The molecule has 1 unspecified atom stereocenters. The smallest absolute Gasteiger partial charge is 0.224 e. The second-order valence-corrected chi connectivity index (χ2v) is 5.26. The predicted molar refractivity (Wildman–Crippen MR) is 73.6 cm³/mol. The molecule has 2 N–H and O–H groups in total. The number of carbonyl (C=O) groups excluding carboxylic acids is 1. The second-order valence-electron chi connectivity index (χ2n) is 4.83. The summed E-state index contributed by atoms with van der Waals surface area (Å²) in [5.41, 5.74) is 1.04. The van der Waals surface area contributed by atoms with Gasteiger partial charge >= 0.3 is 0 Å². The fourth-order valence-corrected chi connectivity index (χ4v) is 2.46. The third kappa shape index (κ3) is 3.47. The van der Waals surface area contributed by atoms with Gasteiger partial charge in [-0.1, -0.05) is 23.7 Å². The predicted octanol–water partition coefficient (Wildman–Crippen LogP) is 2.52. The summed E-state index contributed by atoms with van der Waals surface area (Å²) >= 11 is 5.95. The van der Waals surface area contributed by atoms with Crippen LogP contribution in [0.2, 0.25) is 5.02 Å². The van der Waals surface area contributed by atoms with Gasteiger partial charge in [-0.05, 0) is 44.0 Å². The minimum atomic E-state index is -0.00173. The van der Waals surface area contributed by atoms with Crippen molar-refractivity contribution in [3.05, 3.63) is 34.9 Å². The fraction of sp³-hybridized carbons (Fsp3) is 0.500. The first-order valence-corrected chi connectivity index (χ1v) is 6.81. The molecule has 1 fully saturated rings. The van der Waals surface area contributed by atoms with Gasteiger partial charge in [-0.2, -0.15) is 0 Å². The zero-order valence-electron chi connectivity index (χ0n) is 10.6. The summed E-state index contributed by atoms with van der Waals surface area (Å²) in [7, 11) is 0. The fourth-order valence-electron chi connectivity index (χ4n) is 2.27. The van der Waals surface area contributed by atoms with E-state index in [0.717, 1.165) is 31.5 Å². The van der Waals surface area contributed by atoms with E-state index < -0.39 is 0 Å². The van der Waals surface area contributed by atoms with E-state index in [1.54, 1.807) is 0 Å². The molecular formula is C14H19ClN2O. The third-order valence-electron chi connectivity index (χ3n) is 3.38. The molecule has 0 saturated carbocycles. The van der Waals surface area contributed by atoms with Gasteiger partial charge in [0.25, 0.3) is 0 Å². The summed E-state index contributed by atoms with van der Waals surface area (Å²) in [4.78, 5) is 12.1. The first kappa shape index (κ1) is 13.4. The highest BCUT2D eigenvalue weighted by molar-refractivity contribution is 6.30. The van der Waals surface area contributed by atoms with E-state index in [1.807, 2.05) is 31.2 Å². The molecule has 0 radical (unpaired) electrons. The number of benzene rings is 1. The highest BCUT2D eigenvalue weighted by Gasteiger charge is 2.22. The molecule has 0 spiro atoms. The topological polar surface area (TPSA) is 41.1 Å². The number of rotatable bonds is 3. The molecular weight excluding hydrogens is 248 g/mol. The molecule has 18 heavy (non-hydrogen) atoms. The summed E-state index contributed by atoms with van der Waals surface area (Å²) in [5, 5.41) is 7.01. The van der Waals surface area contributed by atoms with E-state index >= 15 is 0 Å². The Balaban J connectivity index is 1.94. The number of piperidine rings is 1. The lowest BCUT2D eigenvalue weighted by Crippen LogP contribution is -2.41. The first-order valence-electron chi connectivity index (χ1n) is 6.43. The van der Waals surface area contributed by atoms with Crippen molar-refractivity contribution >= 4 is 17.5 Å². The van der Waals surface area contributed by atoms with Crippen LogP contribution in [0.3, 0.4) is 0 Å². The van der Waals surface area contributed by atoms with Crippen LogP contribution in [0.4, 0.5) is 0 Å². The minimum absolute atomic E-state index is 0.00173. The van der Waals surface area contributed by atoms with Crippen LogP contribution in [0.5, 0.6) is 0 Å². The van der Waals surface area contributed by atoms with Crippen molar-refractivity contribution in [2.24, 2.45) is 5.92 Å². The molecule has 4 heteroatoms.